The van der Waals surface area contributed by atoms with Crippen LogP contribution in [0, 0.1) is 0 Å². The highest BCUT2D eigenvalue weighted by Gasteiger charge is 2.15. The number of hydrogen-bond donors (Lipinski definition) is 1. The van der Waals surface area contributed by atoms with Gasteiger partial charge < -0.3 is 10.6 Å². The van der Waals surface area contributed by atoms with Gasteiger partial charge in [0.15, 0.2) is 0 Å². The summed E-state index contributed by atoms with van der Waals surface area (Å²) in [5.41, 5.74) is 8.58. The molecule has 0 saturated carbocycles. The van der Waals surface area contributed by atoms with Gasteiger partial charge in [0.25, 0.3) is 0 Å². The average Bonchev–Trinajstić information content (AvgIpc) is 3.05. The second-order valence-electron chi connectivity index (χ2n) is 6.01. The highest BCUT2D eigenvalue weighted by atomic mass is 16.2. The summed E-state index contributed by atoms with van der Waals surface area (Å²) in [6.45, 7) is 1.44. The molecule has 0 aliphatic heterocycles. The molecule has 128 valence electrons. The molecule has 0 bridgehead atoms. The maximum atomic E-state index is 12.8. The third-order valence-corrected chi connectivity index (χ3v) is 4.03. The highest BCUT2D eigenvalue weighted by Crippen LogP contribution is 2.09. The lowest BCUT2D eigenvalue weighted by Crippen LogP contribution is -2.35. The van der Waals surface area contributed by atoms with Crippen LogP contribution in [0.2, 0.25) is 0 Å². The zero-order valence-corrected chi connectivity index (χ0v) is 14.1. The summed E-state index contributed by atoms with van der Waals surface area (Å²) < 4.78 is 1.58. The third-order valence-electron chi connectivity index (χ3n) is 4.03. The van der Waals surface area contributed by atoms with Gasteiger partial charge in [-0.2, -0.15) is 5.10 Å². The summed E-state index contributed by atoms with van der Waals surface area (Å²) in [6, 6.07) is 20.2. The Balaban J connectivity index is 1.69. The molecule has 3 rings (SSSR count). The number of hydrogen-bond acceptors (Lipinski definition) is 3. The fraction of sp³-hybridized carbons (Fsp3) is 0.200. The number of benzene rings is 2. The number of rotatable bonds is 7. The van der Waals surface area contributed by atoms with Crippen molar-refractivity contribution in [3.63, 3.8) is 0 Å². The Morgan fingerprint density at radius 1 is 1.00 bits per heavy atom. The van der Waals surface area contributed by atoms with Crippen molar-refractivity contribution in [3.05, 3.63) is 84.2 Å². The molecule has 0 spiro atoms. The van der Waals surface area contributed by atoms with Gasteiger partial charge in [-0.1, -0.05) is 60.7 Å². The Labute approximate surface area is 147 Å². The number of carbonyl (C=O) groups excluding carboxylic acids is 1. The van der Waals surface area contributed by atoms with Crippen LogP contribution >= 0.6 is 0 Å². The minimum atomic E-state index is 0.0304. The van der Waals surface area contributed by atoms with E-state index < -0.39 is 0 Å². The van der Waals surface area contributed by atoms with Crippen molar-refractivity contribution in [2.24, 2.45) is 0 Å². The summed E-state index contributed by atoms with van der Waals surface area (Å²) in [5, 5.41) is 4.11. The van der Waals surface area contributed by atoms with E-state index in [9.17, 15) is 4.79 Å². The van der Waals surface area contributed by atoms with Crippen LogP contribution in [-0.4, -0.2) is 27.1 Å². The Hall–Kier alpha value is -3.08. The summed E-state index contributed by atoms with van der Waals surface area (Å²) in [6.07, 6.45) is 4.05. The van der Waals surface area contributed by atoms with Crippen molar-refractivity contribution in [2.45, 2.75) is 19.5 Å². The van der Waals surface area contributed by atoms with Gasteiger partial charge in [0, 0.05) is 19.3 Å². The van der Waals surface area contributed by atoms with E-state index in [-0.39, 0.29) is 12.5 Å². The number of nitrogens with zero attached hydrogens (tertiary/aromatic N) is 3. The first-order valence-corrected chi connectivity index (χ1v) is 8.34. The van der Waals surface area contributed by atoms with Crippen molar-refractivity contribution >= 4 is 11.6 Å². The van der Waals surface area contributed by atoms with Crippen molar-refractivity contribution in [1.29, 1.82) is 0 Å². The molecular formula is C20H22N4O. The van der Waals surface area contributed by atoms with E-state index in [4.69, 9.17) is 5.73 Å². The van der Waals surface area contributed by atoms with E-state index in [0.29, 0.717) is 18.8 Å². The molecule has 3 aromatic rings. The van der Waals surface area contributed by atoms with Crippen molar-refractivity contribution in [1.82, 2.24) is 14.7 Å². The Kier molecular flexibility index (Phi) is 5.46. The number of aromatic nitrogens is 2. The van der Waals surface area contributed by atoms with Crippen LogP contribution in [0.15, 0.2) is 73.1 Å². The quantitative estimate of drug-likeness (QED) is 0.722. The second kappa shape index (κ2) is 8.15. The summed E-state index contributed by atoms with van der Waals surface area (Å²) in [7, 11) is 0. The molecule has 5 nitrogen and oxygen atoms in total. The van der Waals surface area contributed by atoms with E-state index in [2.05, 4.69) is 17.2 Å². The van der Waals surface area contributed by atoms with Crippen molar-refractivity contribution < 1.29 is 4.79 Å². The van der Waals surface area contributed by atoms with Crippen LogP contribution in [0.1, 0.15) is 11.1 Å². The fourth-order valence-electron chi connectivity index (χ4n) is 2.71. The lowest BCUT2D eigenvalue weighted by Gasteiger charge is -2.23. The van der Waals surface area contributed by atoms with Crippen molar-refractivity contribution in [3.8, 4) is 0 Å². The smallest absolute Gasteiger partial charge is 0.244 e. The zero-order chi connectivity index (χ0) is 17.5. The van der Waals surface area contributed by atoms with Crippen LogP contribution in [0.3, 0.4) is 0 Å². The van der Waals surface area contributed by atoms with Gasteiger partial charge in [-0.15, -0.1) is 0 Å². The molecule has 0 saturated heterocycles. The number of carbonyl (C=O) groups is 1. The third kappa shape index (κ3) is 4.94. The first-order valence-electron chi connectivity index (χ1n) is 8.34. The van der Waals surface area contributed by atoms with Crippen LogP contribution in [0.25, 0.3) is 0 Å². The summed E-state index contributed by atoms with van der Waals surface area (Å²) >= 11 is 0. The molecule has 1 heterocycles. The molecule has 0 aliphatic carbocycles. The molecule has 2 aromatic carbocycles. The number of amides is 1. The minimum absolute atomic E-state index is 0.0304. The predicted molar refractivity (Wildman–Crippen MR) is 98.6 cm³/mol. The maximum absolute atomic E-state index is 12.8. The maximum Gasteiger partial charge on any atom is 0.244 e. The molecule has 0 radical (unpaired) electrons. The van der Waals surface area contributed by atoms with E-state index in [1.807, 2.05) is 53.4 Å². The fourth-order valence-corrected chi connectivity index (χ4v) is 2.71. The molecule has 1 aromatic heterocycles. The summed E-state index contributed by atoms with van der Waals surface area (Å²) in [5.74, 6) is 0.0304. The molecule has 0 aliphatic rings. The lowest BCUT2D eigenvalue weighted by molar-refractivity contribution is -0.132. The number of anilines is 1. The van der Waals surface area contributed by atoms with E-state index in [0.717, 1.165) is 12.0 Å². The van der Waals surface area contributed by atoms with Gasteiger partial charge in [-0.3, -0.25) is 9.48 Å². The molecular weight excluding hydrogens is 312 g/mol. The van der Waals surface area contributed by atoms with Crippen LogP contribution in [0.4, 0.5) is 5.69 Å². The van der Waals surface area contributed by atoms with E-state index >= 15 is 0 Å². The molecule has 0 fully saturated rings. The molecule has 1 amide bonds. The molecule has 0 unspecified atom stereocenters. The normalized spacial score (nSPS) is 10.6. The monoisotopic (exact) mass is 334 g/mol. The van der Waals surface area contributed by atoms with Crippen LogP contribution in [-0.2, 0) is 24.3 Å². The topological polar surface area (TPSA) is 64.1 Å². The molecule has 5 heteroatoms. The van der Waals surface area contributed by atoms with Gasteiger partial charge in [0.05, 0.1) is 11.9 Å². The van der Waals surface area contributed by atoms with Crippen molar-refractivity contribution in [2.75, 3.05) is 12.3 Å². The van der Waals surface area contributed by atoms with E-state index in [1.54, 1.807) is 17.1 Å². The number of nitrogen functional groups attached to an aromatic ring is 1. The lowest BCUT2D eigenvalue weighted by atomic mass is 10.1. The minimum Gasteiger partial charge on any atom is -0.396 e. The first-order chi connectivity index (χ1) is 12.2. The Bertz CT molecular complexity index is 799. The van der Waals surface area contributed by atoms with E-state index in [1.165, 1.54) is 5.56 Å². The SMILES string of the molecule is Nc1cnn(CC(=O)N(CCc2ccccc2)Cc2ccccc2)c1. The summed E-state index contributed by atoms with van der Waals surface area (Å²) in [4.78, 5) is 14.6. The Morgan fingerprint density at radius 3 is 2.24 bits per heavy atom. The molecule has 0 atom stereocenters. The molecule has 2 N–H and O–H groups in total. The van der Waals surface area contributed by atoms with Gasteiger partial charge in [-0.05, 0) is 17.5 Å². The van der Waals surface area contributed by atoms with Crippen LogP contribution < -0.4 is 5.73 Å². The second-order valence-corrected chi connectivity index (χ2v) is 6.01. The van der Waals surface area contributed by atoms with Gasteiger partial charge >= 0.3 is 0 Å². The standard InChI is InChI=1S/C20H22N4O/c21-19-13-22-24(15-19)16-20(25)23(14-18-9-5-2-6-10-18)12-11-17-7-3-1-4-8-17/h1-10,13,15H,11-12,14,16,21H2. The van der Waals surface area contributed by atoms with Gasteiger partial charge in [0.2, 0.25) is 5.91 Å². The van der Waals surface area contributed by atoms with Gasteiger partial charge in [0.1, 0.15) is 6.54 Å². The van der Waals surface area contributed by atoms with Gasteiger partial charge in [-0.25, -0.2) is 0 Å². The first kappa shape index (κ1) is 16.8. The zero-order valence-electron chi connectivity index (χ0n) is 14.1. The molecule has 25 heavy (non-hydrogen) atoms. The average molecular weight is 334 g/mol. The largest absolute Gasteiger partial charge is 0.396 e. The Morgan fingerprint density at radius 2 is 1.64 bits per heavy atom. The van der Waals surface area contributed by atoms with Crippen LogP contribution in [0.5, 0.6) is 0 Å². The highest BCUT2D eigenvalue weighted by molar-refractivity contribution is 5.76. The predicted octanol–water partition coefficient (Wildman–Crippen LogP) is 2.74. The number of nitrogens with two attached hydrogens (primary N) is 1.